The van der Waals surface area contributed by atoms with Crippen molar-refractivity contribution in [3.8, 4) is 0 Å². The lowest BCUT2D eigenvalue weighted by molar-refractivity contribution is -0.117. The molecule has 2 atom stereocenters. The second-order valence-electron chi connectivity index (χ2n) is 5.06. The third kappa shape index (κ3) is 3.90. The molecule has 1 heterocycles. The van der Waals surface area contributed by atoms with Crippen molar-refractivity contribution < 1.29 is 14.2 Å². The summed E-state index contributed by atoms with van der Waals surface area (Å²) in [5, 5.41) is 0.626. The molecule has 3 nitrogen and oxygen atoms in total. The molecule has 1 fully saturated rings. The Balaban J connectivity index is 2.35. The molecule has 0 saturated carbocycles. The predicted octanol–water partition coefficient (Wildman–Crippen LogP) is 3.13. The first-order valence-corrected chi connectivity index (χ1v) is 10.3. The maximum atomic E-state index is 13.1. The van der Waals surface area contributed by atoms with Crippen molar-refractivity contribution >= 4 is 55.9 Å². The van der Waals surface area contributed by atoms with Gasteiger partial charge in [-0.25, -0.2) is 0 Å². The molecule has 1 aliphatic heterocycles. The fraction of sp³-hybridized carbons (Fsp3) is 0.429. The van der Waals surface area contributed by atoms with Gasteiger partial charge in [0.1, 0.15) is 18.7 Å². The number of hydrogen-bond acceptors (Lipinski definition) is 3. The van der Waals surface area contributed by atoms with Gasteiger partial charge in [-0.05, 0) is 0 Å². The Morgan fingerprint density at radius 2 is 1.35 bits per heavy atom. The maximum Gasteiger partial charge on any atom is 0.141 e. The van der Waals surface area contributed by atoms with E-state index in [1.807, 2.05) is 6.07 Å². The van der Waals surface area contributed by atoms with E-state index in [1.54, 1.807) is 24.3 Å². The highest BCUT2D eigenvalue weighted by Crippen LogP contribution is 2.46. The minimum Gasteiger partial charge on any atom is -0.318 e. The van der Waals surface area contributed by atoms with Crippen LogP contribution < -0.4 is 5.30 Å². The molecule has 6 heteroatoms. The highest BCUT2D eigenvalue weighted by Gasteiger charge is 2.35. The largest absolute Gasteiger partial charge is 0.318 e. The van der Waals surface area contributed by atoms with Crippen LogP contribution in [0.25, 0.3) is 0 Å². The van der Waals surface area contributed by atoms with Gasteiger partial charge in [-0.1, -0.05) is 62.2 Å². The number of halogens is 2. The van der Waals surface area contributed by atoms with Gasteiger partial charge in [0.05, 0.1) is 12.3 Å². The Labute approximate surface area is 135 Å². The highest BCUT2D eigenvalue weighted by atomic mass is 79.9. The van der Waals surface area contributed by atoms with E-state index >= 15 is 0 Å². The topological polar surface area (TPSA) is 51.2 Å². The molecule has 0 aliphatic carbocycles. The molecule has 1 aliphatic rings. The number of benzene rings is 1. The number of alkyl halides is 2. The van der Waals surface area contributed by atoms with Gasteiger partial charge >= 0.3 is 0 Å². The summed E-state index contributed by atoms with van der Waals surface area (Å²) in [7, 11) is -2.97. The zero-order chi connectivity index (χ0) is 14.8. The normalized spacial score (nSPS) is 27.5. The van der Waals surface area contributed by atoms with E-state index < -0.39 is 7.14 Å². The summed E-state index contributed by atoms with van der Waals surface area (Å²) in [4.78, 5) is 24.0. The van der Waals surface area contributed by atoms with Crippen LogP contribution in [-0.2, 0) is 14.2 Å². The first-order valence-electron chi connectivity index (χ1n) is 6.36. The molecular weight excluding hydrogens is 407 g/mol. The van der Waals surface area contributed by atoms with Crippen molar-refractivity contribution in [1.82, 2.24) is 0 Å². The molecular formula is C14H15Br2O3P. The minimum absolute atomic E-state index is 0.0232. The number of Topliss-reactive ketones (excluding diaryl/α,β-unsaturated/α-hetero) is 2. The van der Waals surface area contributed by atoms with Crippen molar-refractivity contribution in [3.05, 3.63) is 30.3 Å². The summed E-state index contributed by atoms with van der Waals surface area (Å²) >= 11 is 6.85. The quantitative estimate of drug-likeness (QED) is 0.517. The average Bonchev–Trinajstić information content (AvgIpc) is 2.41. The lowest BCUT2D eigenvalue weighted by Crippen LogP contribution is -2.20. The van der Waals surface area contributed by atoms with Crippen LogP contribution in [-0.4, -0.2) is 33.5 Å². The van der Waals surface area contributed by atoms with Gasteiger partial charge in [-0.15, -0.1) is 0 Å². The number of carbonyl (C=O) groups excluding carboxylic acids is 2. The minimum atomic E-state index is -2.97. The lowest BCUT2D eigenvalue weighted by Gasteiger charge is -2.16. The molecule has 0 aromatic heterocycles. The Bertz CT molecular complexity index is 531. The molecule has 0 N–H and O–H groups in total. The molecule has 0 amide bonds. The van der Waals surface area contributed by atoms with Crippen LogP contribution in [0.4, 0.5) is 0 Å². The Kier molecular flexibility index (Phi) is 5.38. The fourth-order valence-electron chi connectivity index (χ4n) is 2.33. The number of carbonyl (C=O) groups is 2. The summed E-state index contributed by atoms with van der Waals surface area (Å²) in [6.45, 7) is 0. The summed E-state index contributed by atoms with van der Waals surface area (Å²) in [6, 6.07) is 8.90. The third-order valence-electron chi connectivity index (χ3n) is 3.33. The number of rotatable bonds is 1. The second-order valence-corrected chi connectivity index (χ2v) is 10.3. The molecule has 0 unspecified atom stereocenters. The van der Waals surface area contributed by atoms with Crippen LogP contribution >= 0.6 is 39.0 Å². The van der Waals surface area contributed by atoms with E-state index in [9.17, 15) is 14.2 Å². The van der Waals surface area contributed by atoms with E-state index in [1.165, 1.54) is 0 Å². The standard InChI is InChI=1S/C14H15Br2O3P/c15-13-6-10(17)8-20(19,9-11(18)7-14(13)16)12-4-2-1-3-5-12/h1-5,13-14H,6-9H2/t13-,14-/m1/s1. The first-order chi connectivity index (χ1) is 9.40. The van der Waals surface area contributed by atoms with Gasteiger partial charge in [0, 0.05) is 27.8 Å². The van der Waals surface area contributed by atoms with E-state index in [-0.39, 0.29) is 33.5 Å². The monoisotopic (exact) mass is 420 g/mol. The van der Waals surface area contributed by atoms with Crippen LogP contribution in [0.1, 0.15) is 12.8 Å². The molecule has 1 aromatic carbocycles. The van der Waals surface area contributed by atoms with Crippen LogP contribution in [0.2, 0.25) is 0 Å². The van der Waals surface area contributed by atoms with Gasteiger partial charge in [-0.3, -0.25) is 9.59 Å². The fourth-order valence-corrected chi connectivity index (χ4v) is 6.01. The molecule has 0 spiro atoms. The molecule has 1 saturated heterocycles. The summed E-state index contributed by atoms with van der Waals surface area (Å²) in [6.07, 6.45) is 0.537. The van der Waals surface area contributed by atoms with Crippen molar-refractivity contribution in [2.45, 2.75) is 22.5 Å². The molecule has 0 radical (unpaired) electrons. The lowest BCUT2D eigenvalue weighted by atomic mass is 10.1. The number of ketones is 2. The van der Waals surface area contributed by atoms with Gasteiger partial charge in [-0.2, -0.15) is 0 Å². The second kappa shape index (κ2) is 6.67. The molecule has 2 rings (SSSR count). The number of hydrogen-bond donors (Lipinski definition) is 0. The molecule has 20 heavy (non-hydrogen) atoms. The van der Waals surface area contributed by atoms with Gasteiger partial charge in [0.2, 0.25) is 0 Å². The van der Waals surface area contributed by atoms with Gasteiger partial charge in [0.25, 0.3) is 0 Å². The Hall–Kier alpha value is -0.250. The van der Waals surface area contributed by atoms with E-state index in [4.69, 9.17) is 0 Å². The van der Waals surface area contributed by atoms with Crippen LogP contribution in [0.3, 0.4) is 0 Å². The zero-order valence-corrected chi connectivity index (χ0v) is 14.9. The summed E-state index contributed by atoms with van der Waals surface area (Å²) in [5.74, 6) is -0.114. The zero-order valence-electron chi connectivity index (χ0n) is 10.8. The maximum absolute atomic E-state index is 13.1. The summed E-state index contributed by atoms with van der Waals surface area (Å²) in [5.41, 5.74) is 0. The smallest absolute Gasteiger partial charge is 0.141 e. The van der Waals surface area contributed by atoms with Crippen LogP contribution in [0.5, 0.6) is 0 Å². The SMILES string of the molecule is O=C1C[C@@H](Br)[C@H](Br)CC(=O)CP(=O)(c2ccccc2)C1. The van der Waals surface area contributed by atoms with Crippen LogP contribution in [0.15, 0.2) is 30.3 Å². The Morgan fingerprint density at radius 3 is 1.80 bits per heavy atom. The van der Waals surface area contributed by atoms with Crippen molar-refractivity contribution in [2.24, 2.45) is 0 Å². The third-order valence-corrected chi connectivity index (χ3v) is 8.93. The first kappa shape index (κ1) is 16.1. The van der Waals surface area contributed by atoms with E-state index in [0.29, 0.717) is 18.1 Å². The Morgan fingerprint density at radius 1 is 0.900 bits per heavy atom. The van der Waals surface area contributed by atoms with Gasteiger partial charge in [0.15, 0.2) is 0 Å². The highest BCUT2D eigenvalue weighted by molar-refractivity contribution is 9.12. The average molecular weight is 422 g/mol. The van der Waals surface area contributed by atoms with Crippen LogP contribution in [0, 0.1) is 0 Å². The van der Waals surface area contributed by atoms with E-state index in [0.717, 1.165) is 0 Å². The van der Waals surface area contributed by atoms with Crippen molar-refractivity contribution in [2.75, 3.05) is 12.3 Å². The molecule has 1 aromatic rings. The molecule has 108 valence electrons. The van der Waals surface area contributed by atoms with Crippen molar-refractivity contribution in [1.29, 1.82) is 0 Å². The molecule has 0 bridgehead atoms. The van der Waals surface area contributed by atoms with Gasteiger partial charge < -0.3 is 4.57 Å². The summed E-state index contributed by atoms with van der Waals surface area (Å²) < 4.78 is 13.1. The van der Waals surface area contributed by atoms with Crippen molar-refractivity contribution in [3.63, 3.8) is 0 Å². The van der Waals surface area contributed by atoms with E-state index in [2.05, 4.69) is 31.9 Å². The predicted molar refractivity (Wildman–Crippen MR) is 88.1 cm³/mol.